The number of sulfonamides is 1. The zero-order valence-corrected chi connectivity index (χ0v) is 19.5. The zero-order chi connectivity index (χ0) is 21.7. The van der Waals surface area contributed by atoms with Crippen molar-refractivity contribution in [3.8, 4) is 5.75 Å². The lowest BCUT2D eigenvalue weighted by Gasteiger charge is -2.23. The van der Waals surface area contributed by atoms with Crippen molar-refractivity contribution in [2.24, 2.45) is 0 Å². The molecule has 29 heavy (non-hydrogen) atoms. The average Bonchev–Trinajstić information content (AvgIpc) is 2.63. The fourth-order valence-corrected chi connectivity index (χ4v) is 3.88. The van der Waals surface area contributed by atoms with Gasteiger partial charge >= 0.3 is 0 Å². The van der Waals surface area contributed by atoms with Crippen LogP contribution in [0.3, 0.4) is 0 Å². The molecule has 8 heteroatoms. The molecule has 0 saturated carbocycles. The molecule has 0 aromatic heterocycles. The number of amides is 1. The summed E-state index contributed by atoms with van der Waals surface area (Å²) < 4.78 is 31.9. The van der Waals surface area contributed by atoms with Gasteiger partial charge < -0.3 is 10.1 Å². The maximum absolute atomic E-state index is 12.3. The van der Waals surface area contributed by atoms with E-state index in [2.05, 4.69) is 42.0 Å². The van der Waals surface area contributed by atoms with Crippen molar-refractivity contribution in [1.29, 1.82) is 0 Å². The third kappa shape index (κ3) is 7.04. The van der Waals surface area contributed by atoms with Gasteiger partial charge in [-0.15, -0.1) is 0 Å². The van der Waals surface area contributed by atoms with Crippen LogP contribution in [0.25, 0.3) is 0 Å². The van der Waals surface area contributed by atoms with Crippen LogP contribution in [0.15, 0.2) is 53.0 Å². The molecule has 0 heterocycles. The van der Waals surface area contributed by atoms with E-state index < -0.39 is 15.9 Å². The van der Waals surface area contributed by atoms with Gasteiger partial charge in [-0.25, -0.2) is 8.42 Å². The van der Waals surface area contributed by atoms with Crippen LogP contribution in [0, 0.1) is 0 Å². The quantitative estimate of drug-likeness (QED) is 0.581. The van der Waals surface area contributed by atoms with E-state index in [-0.39, 0.29) is 25.1 Å². The van der Waals surface area contributed by atoms with E-state index in [1.165, 1.54) is 0 Å². The molecule has 0 atom stereocenters. The van der Waals surface area contributed by atoms with Gasteiger partial charge in [-0.1, -0.05) is 54.9 Å². The van der Waals surface area contributed by atoms with Crippen molar-refractivity contribution < 1.29 is 17.9 Å². The maximum Gasteiger partial charge on any atom is 0.240 e. The lowest BCUT2D eigenvalue weighted by Crippen LogP contribution is -2.41. The second-order valence-corrected chi connectivity index (χ2v) is 10.5. The van der Waals surface area contributed by atoms with Crippen molar-refractivity contribution in [1.82, 2.24) is 5.32 Å². The van der Waals surface area contributed by atoms with Crippen LogP contribution < -0.4 is 14.4 Å². The number of hydrogen-bond acceptors (Lipinski definition) is 4. The molecule has 1 N–H and O–H groups in total. The molecule has 2 aromatic rings. The number of nitrogens with one attached hydrogen (secondary N) is 1. The van der Waals surface area contributed by atoms with Crippen molar-refractivity contribution in [2.75, 3.05) is 30.3 Å². The topological polar surface area (TPSA) is 75.7 Å². The first-order valence-electron chi connectivity index (χ1n) is 9.21. The number of ether oxygens (including phenoxy) is 1. The van der Waals surface area contributed by atoms with Gasteiger partial charge in [0.05, 0.1) is 18.5 Å². The Bertz CT molecular complexity index is 938. The van der Waals surface area contributed by atoms with Crippen molar-refractivity contribution in [2.45, 2.75) is 26.2 Å². The highest BCUT2D eigenvalue weighted by Gasteiger charge is 2.21. The molecule has 0 bridgehead atoms. The van der Waals surface area contributed by atoms with Gasteiger partial charge in [0.25, 0.3) is 0 Å². The van der Waals surface area contributed by atoms with E-state index in [4.69, 9.17) is 4.74 Å². The van der Waals surface area contributed by atoms with Gasteiger partial charge in [-0.05, 0) is 41.3 Å². The van der Waals surface area contributed by atoms with E-state index in [9.17, 15) is 13.2 Å². The van der Waals surface area contributed by atoms with E-state index in [1.807, 2.05) is 24.3 Å². The smallest absolute Gasteiger partial charge is 0.240 e. The Morgan fingerprint density at radius 1 is 1.10 bits per heavy atom. The SMILES string of the molecule is CC(C)(C)c1ccccc1OCCNC(=O)CN(c1ccc(Br)cc1)S(C)(=O)=O. The van der Waals surface area contributed by atoms with Gasteiger partial charge in [-0.2, -0.15) is 0 Å². The van der Waals surface area contributed by atoms with Crippen LogP contribution >= 0.6 is 15.9 Å². The van der Waals surface area contributed by atoms with E-state index >= 15 is 0 Å². The standard InChI is InChI=1S/C21H27BrN2O4S/c1-21(2,3)18-7-5-6-8-19(18)28-14-13-23-20(25)15-24(29(4,26)27)17-11-9-16(22)10-12-17/h5-12H,13-15H2,1-4H3,(H,23,25). The minimum Gasteiger partial charge on any atom is -0.491 e. The Hall–Kier alpha value is -2.06. The third-order valence-corrected chi connectivity index (χ3v) is 5.85. The van der Waals surface area contributed by atoms with Gasteiger partial charge in [0.15, 0.2) is 0 Å². The Labute approximate surface area is 181 Å². The molecule has 0 aliphatic carbocycles. The first kappa shape index (κ1) is 23.2. The fourth-order valence-electron chi connectivity index (χ4n) is 2.76. The second-order valence-electron chi connectivity index (χ2n) is 7.69. The minimum atomic E-state index is -3.60. The molecule has 0 saturated heterocycles. The van der Waals surface area contributed by atoms with Gasteiger partial charge in [0, 0.05) is 4.47 Å². The summed E-state index contributed by atoms with van der Waals surface area (Å²) >= 11 is 3.31. The summed E-state index contributed by atoms with van der Waals surface area (Å²) in [5.41, 5.74) is 1.46. The molecule has 6 nitrogen and oxygen atoms in total. The Morgan fingerprint density at radius 2 is 1.72 bits per heavy atom. The van der Waals surface area contributed by atoms with E-state index in [1.54, 1.807) is 24.3 Å². The number of para-hydroxylation sites is 1. The summed E-state index contributed by atoms with van der Waals surface area (Å²) in [5.74, 6) is 0.382. The van der Waals surface area contributed by atoms with Crippen LogP contribution in [0.4, 0.5) is 5.69 Å². The number of halogens is 1. The molecule has 0 radical (unpaired) electrons. The summed E-state index contributed by atoms with van der Waals surface area (Å²) in [7, 11) is -3.60. The molecule has 158 valence electrons. The highest BCUT2D eigenvalue weighted by Crippen LogP contribution is 2.30. The fraction of sp³-hybridized carbons (Fsp3) is 0.381. The predicted molar refractivity (Wildman–Crippen MR) is 120 cm³/mol. The van der Waals surface area contributed by atoms with Crippen LogP contribution in [-0.2, 0) is 20.2 Å². The van der Waals surface area contributed by atoms with Crippen LogP contribution in [0.5, 0.6) is 5.75 Å². The zero-order valence-electron chi connectivity index (χ0n) is 17.1. The van der Waals surface area contributed by atoms with Gasteiger partial charge in [0.1, 0.15) is 18.9 Å². The molecule has 0 unspecified atom stereocenters. The maximum atomic E-state index is 12.3. The van der Waals surface area contributed by atoms with Gasteiger partial charge in [-0.3, -0.25) is 9.10 Å². The number of carbonyl (C=O) groups excluding carboxylic acids is 1. The largest absolute Gasteiger partial charge is 0.491 e. The van der Waals surface area contributed by atoms with E-state index in [0.717, 1.165) is 26.3 Å². The molecular weight excluding hydrogens is 456 g/mol. The molecule has 0 aliphatic heterocycles. The number of anilines is 1. The normalized spacial score (nSPS) is 11.8. The highest BCUT2D eigenvalue weighted by atomic mass is 79.9. The summed E-state index contributed by atoms with van der Waals surface area (Å²) in [6, 6.07) is 14.5. The molecular formula is C21H27BrN2O4S. The summed E-state index contributed by atoms with van der Waals surface area (Å²) in [6.07, 6.45) is 1.08. The average molecular weight is 483 g/mol. The summed E-state index contributed by atoms with van der Waals surface area (Å²) in [4.78, 5) is 12.3. The molecule has 0 spiro atoms. The van der Waals surface area contributed by atoms with Gasteiger partial charge in [0.2, 0.25) is 15.9 Å². The first-order valence-corrected chi connectivity index (χ1v) is 11.8. The van der Waals surface area contributed by atoms with Crippen molar-refractivity contribution >= 4 is 37.5 Å². The van der Waals surface area contributed by atoms with Crippen molar-refractivity contribution in [3.63, 3.8) is 0 Å². The molecule has 0 aliphatic rings. The third-order valence-electron chi connectivity index (χ3n) is 4.18. The lowest BCUT2D eigenvalue weighted by atomic mass is 9.86. The molecule has 2 aromatic carbocycles. The number of carbonyl (C=O) groups is 1. The monoisotopic (exact) mass is 482 g/mol. The predicted octanol–water partition coefficient (Wildman–Crippen LogP) is 3.71. The molecule has 2 rings (SSSR count). The highest BCUT2D eigenvalue weighted by molar-refractivity contribution is 9.10. The Morgan fingerprint density at radius 3 is 2.31 bits per heavy atom. The number of hydrogen-bond donors (Lipinski definition) is 1. The lowest BCUT2D eigenvalue weighted by molar-refractivity contribution is -0.119. The minimum absolute atomic E-state index is 0.0551. The Kier molecular flexibility index (Phi) is 7.71. The van der Waals surface area contributed by atoms with Crippen LogP contribution in [0.2, 0.25) is 0 Å². The molecule has 1 amide bonds. The van der Waals surface area contributed by atoms with Crippen LogP contribution in [0.1, 0.15) is 26.3 Å². The number of nitrogens with zero attached hydrogens (tertiary/aromatic N) is 1. The van der Waals surface area contributed by atoms with E-state index in [0.29, 0.717) is 5.69 Å². The number of benzene rings is 2. The molecule has 0 fully saturated rings. The first-order chi connectivity index (χ1) is 13.5. The summed E-state index contributed by atoms with van der Waals surface area (Å²) in [5, 5.41) is 2.72. The van der Waals surface area contributed by atoms with Crippen LogP contribution in [-0.4, -0.2) is 40.3 Å². The summed E-state index contributed by atoms with van der Waals surface area (Å²) in [6.45, 7) is 6.60. The second kappa shape index (κ2) is 9.63. The van der Waals surface area contributed by atoms with Crippen molar-refractivity contribution in [3.05, 3.63) is 58.6 Å². The Balaban J connectivity index is 1.93. The number of rotatable bonds is 8.